The number of aliphatic hydroxyl groups excluding tert-OH is 3. The van der Waals surface area contributed by atoms with Gasteiger partial charge in [0.05, 0.1) is 36.6 Å². The van der Waals surface area contributed by atoms with Crippen molar-refractivity contribution in [3.8, 4) is 0 Å². The summed E-state index contributed by atoms with van der Waals surface area (Å²) >= 11 is 0. The van der Waals surface area contributed by atoms with Crippen LogP contribution in [0.5, 0.6) is 0 Å². The van der Waals surface area contributed by atoms with Crippen LogP contribution in [0.4, 0.5) is 0 Å². The van der Waals surface area contributed by atoms with E-state index in [9.17, 15) is 67.7 Å². The van der Waals surface area contributed by atoms with Crippen LogP contribution in [-0.4, -0.2) is 114 Å². The van der Waals surface area contributed by atoms with Crippen molar-refractivity contribution < 1.29 is 94.8 Å². The first-order chi connectivity index (χ1) is 35.6. The van der Waals surface area contributed by atoms with E-state index >= 15 is 0 Å². The quantitative estimate of drug-likeness (QED) is 0.0326. The molecule has 0 radical (unpaired) electrons. The van der Waals surface area contributed by atoms with Gasteiger partial charge in [0.15, 0.2) is 17.3 Å². The summed E-state index contributed by atoms with van der Waals surface area (Å²) in [5.74, 6) is -0.871. The second-order valence-corrected chi connectivity index (χ2v) is 34.2. The summed E-state index contributed by atoms with van der Waals surface area (Å²) in [7, 11) is -12.9. The van der Waals surface area contributed by atoms with Crippen LogP contribution in [-0.2, 0) is 64.8 Å². The third-order valence-corrected chi connectivity index (χ3v) is 15.4. The fourth-order valence-electron chi connectivity index (χ4n) is 7.11. The Bertz CT molecular complexity index is 2070. The Kier molecular flexibility index (Phi) is 35.4. The summed E-state index contributed by atoms with van der Waals surface area (Å²) in [6.07, 6.45) is 2.97. The van der Waals surface area contributed by atoms with Crippen molar-refractivity contribution >= 4 is 52.4 Å². The van der Waals surface area contributed by atoms with Gasteiger partial charge < -0.3 is 30.0 Å². The zero-order chi connectivity index (χ0) is 64.9. The summed E-state index contributed by atoms with van der Waals surface area (Å²) in [5, 5.41) is 30.9. The number of hydrogen-bond acceptors (Lipinski definition) is 17. The molecular formula is C58H115O20P3. The molecule has 482 valence electrons. The van der Waals surface area contributed by atoms with Gasteiger partial charge in [-0.25, -0.2) is 13.7 Å². The van der Waals surface area contributed by atoms with Crippen LogP contribution < -0.4 is 0 Å². The summed E-state index contributed by atoms with van der Waals surface area (Å²) in [6.45, 7) is 42.1. The Labute approximate surface area is 488 Å². The molecule has 6 N–H and O–H groups in total. The molecule has 23 heteroatoms. The van der Waals surface area contributed by atoms with Gasteiger partial charge in [0.1, 0.15) is 29.9 Å². The van der Waals surface area contributed by atoms with E-state index in [2.05, 4.69) is 62.3 Å². The first kappa shape index (κ1) is 83.8. The van der Waals surface area contributed by atoms with E-state index < -0.39 is 86.4 Å². The van der Waals surface area contributed by atoms with Crippen molar-refractivity contribution in [2.45, 2.75) is 291 Å². The maximum atomic E-state index is 12.3. The third-order valence-electron chi connectivity index (χ3n) is 11.7. The molecule has 0 rings (SSSR count). The highest BCUT2D eigenvalue weighted by molar-refractivity contribution is 7.48. The van der Waals surface area contributed by atoms with E-state index in [1.807, 2.05) is 0 Å². The van der Waals surface area contributed by atoms with Crippen molar-refractivity contribution in [2.75, 3.05) is 19.8 Å². The average Bonchev–Trinajstić information content (AvgIpc) is 3.22. The zero-order valence-corrected chi connectivity index (χ0v) is 57.2. The largest absolute Gasteiger partial charge is 0.472 e. The molecule has 0 aromatic heterocycles. The molecule has 0 aromatic rings. The Morgan fingerprint density at radius 2 is 0.543 bits per heavy atom. The van der Waals surface area contributed by atoms with E-state index in [1.54, 1.807) is 104 Å². The highest BCUT2D eigenvalue weighted by Crippen LogP contribution is 2.51. The van der Waals surface area contributed by atoms with Crippen LogP contribution in [0.2, 0.25) is 0 Å². The van der Waals surface area contributed by atoms with E-state index in [4.69, 9.17) is 27.1 Å². The number of rotatable bonds is 34. The van der Waals surface area contributed by atoms with Gasteiger partial charge in [-0.1, -0.05) is 104 Å². The Morgan fingerprint density at radius 3 is 0.778 bits per heavy atom. The van der Waals surface area contributed by atoms with Crippen molar-refractivity contribution in [2.24, 2.45) is 32.5 Å². The molecule has 0 aliphatic rings. The summed E-state index contributed by atoms with van der Waals surface area (Å²) in [4.78, 5) is 89.8. The first-order valence-corrected chi connectivity index (χ1v) is 32.8. The lowest BCUT2D eigenvalue weighted by molar-refractivity contribution is -0.135. The van der Waals surface area contributed by atoms with Crippen molar-refractivity contribution in [1.82, 2.24) is 0 Å². The number of Topliss-reactive ketones (excluding diaryl/α,β-unsaturated/α-hetero) is 5. The van der Waals surface area contributed by atoms with Crippen LogP contribution in [0, 0.1) is 32.5 Å². The molecular weight excluding hydrogens is 1110 g/mol. The second kappa shape index (κ2) is 34.2. The SMILES string of the molecule is CC(C)(C)CCC(=O)CCCC(=O)C(O)C(C)(C)COP(=O)(O)OC(C)(C)C.CC(C)(C)CCCC(=O)C(O)C(C)(C)COP(=O)(O)OC(C)(C)C.CC(C)(C)CCCC(=O)CCCC(=O)C(O)C(C)(C)COP(=O)(O)OC(C)(C)C. The molecule has 0 aliphatic carbocycles. The molecule has 0 amide bonds. The summed E-state index contributed by atoms with van der Waals surface area (Å²) < 4.78 is 65.7. The molecule has 0 heterocycles. The number of carbonyl (C=O) groups excluding carboxylic acids is 5. The minimum absolute atomic E-state index is 0.0706. The van der Waals surface area contributed by atoms with Crippen LogP contribution in [0.3, 0.4) is 0 Å². The van der Waals surface area contributed by atoms with E-state index in [0.29, 0.717) is 44.9 Å². The molecule has 0 bridgehead atoms. The van der Waals surface area contributed by atoms with Gasteiger partial charge in [-0.3, -0.25) is 51.1 Å². The van der Waals surface area contributed by atoms with Crippen LogP contribution in [0.25, 0.3) is 0 Å². The van der Waals surface area contributed by atoms with Gasteiger partial charge in [-0.05, 0) is 124 Å². The molecule has 0 fully saturated rings. The van der Waals surface area contributed by atoms with E-state index in [-0.39, 0.29) is 72.7 Å². The molecule has 0 aromatic carbocycles. The molecule has 0 saturated heterocycles. The standard InChI is InChI=1S/C21H41O7P.C20H39O7P.C17H35O6P/c1-19(2,3)14-10-12-16(22)11-9-13-17(23)18(24)21(7,8)15-27-29(25,26)28-20(4,5)6;1-18(2,3)13-12-15(21)10-9-11-16(22)17(23)20(7,8)14-26-28(24,25)27-19(4,5)6;1-15(2,3)11-9-10-13(18)14(19)17(7,8)12-22-24(20,21)23-16(4,5)6/h18,24H,9-15H2,1-8H3,(H,25,26);17,23H,9-14H2,1-8H3,(H,24,25);14,19H,9-12H2,1-8H3,(H,20,21). The number of aliphatic hydroxyl groups is 3. The lowest BCUT2D eigenvalue weighted by atomic mass is 9.83. The second-order valence-electron chi connectivity index (χ2n) is 30.1. The van der Waals surface area contributed by atoms with Gasteiger partial charge in [-0.15, -0.1) is 0 Å². The van der Waals surface area contributed by atoms with Crippen molar-refractivity contribution in [3.63, 3.8) is 0 Å². The number of hydrogen-bond donors (Lipinski definition) is 6. The maximum absolute atomic E-state index is 12.3. The van der Waals surface area contributed by atoms with Crippen molar-refractivity contribution in [1.29, 1.82) is 0 Å². The molecule has 0 aliphatic heterocycles. The molecule has 0 spiro atoms. The third kappa shape index (κ3) is 46.5. The summed E-state index contributed by atoms with van der Waals surface area (Å²) in [5.41, 5.74) is -5.30. The topological polar surface area (TPSA) is 313 Å². The fourth-order valence-corrected chi connectivity index (χ4v) is 10.8. The molecule has 81 heavy (non-hydrogen) atoms. The Morgan fingerprint density at radius 1 is 0.333 bits per heavy atom. The highest BCUT2D eigenvalue weighted by atomic mass is 31.2. The monoisotopic (exact) mass is 1220 g/mol. The molecule has 20 nitrogen and oxygen atoms in total. The number of carbonyl (C=O) groups is 5. The van der Waals surface area contributed by atoms with Crippen LogP contribution >= 0.6 is 23.5 Å². The minimum atomic E-state index is -4.30. The maximum Gasteiger partial charge on any atom is 0.472 e. The molecule has 6 atom stereocenters. The lowest BCUT2D eigenvalue weighted by Gasteiger charge is -2.31. The van der Waals surface area contributed by atoms with Gasteiger partial charge >= 0.3 is 23.5 Å². The predicted molar refractivity (Wildman–Crippen MR) is 317 cm³/mol. The Hall–Kier alpha value is -1.44. The van der Waals surface area contributed by atoms with Gasteiger partial charge in [0.2, 0.25) is 0 Å². The van der Waals surface area contributed by atoms with Crippen molar-refractivity contribution in [3.05, 3.63) is 0 Å². The minimum Gasteiger partial charge on any atom is -0.385 e. The van der Waals surface area contributed by atoms with Crippen LogP contribution in [0.15, 0.2) is 0 Å². The van der Waals surface area contributed by atoms with Gasteiger partial charge in [-0.2, -0.15) is 0 Å². The Balaban J connectivity index is -0.00000113. The number of ketones is 5. The summed E-state index contributed by atoms with van der Waals surface area (Å²) in [6, 6.07) is 0. The van der Waals surface area contributed by atoms with E-state index in [0.717, 1.165) is 25.7 Å². The zero-order valence-electron chi connectivity index (χ0n) is 54.5. The lowest BCUT2D eigenvalue weighted by Crippen LogP contribution is -2.40. The van der Waals surface area contributed by atoms with Gasteiger partial charge in [0, 0.05) is 61.2 Å². The number of phosphoric ester groups is 3. The van der Waals surface area contributed by atoms with E-state index in [1.165, 1.54) is 0 Å². The average molecular weight is 1230 g/mol. The first-order valence-electron chi connectivity index (χ1n) is 28.3. The smallest absolute Gasteiger partial charge is 0.385 e. The number of phosphoric acid groups is 3. The normalized spacial score (nSPS) is 16.7. The fraction of sp³-hybridized carbons (Fsp3) is 0.914. The molecule has 0 saturated carbocycles. The van der Waals surface area contributed by atoms with Gasteiger partial charge in [0.25, 0.3) is 0 Å². The predicted octanol–water partition coefficient (Wildman–Crippen LogP) is 13.4. The highest BCUT2D eigenvalue weighted by Gasteiger charge is 2.41. The molecule has 6 unspecified atom stereocenters. The van der Waals surface area contributed by atoms with Crippen LogP contribution in [0.1, 0.15) is 256 Å².